The van der Waals surface area contributed by atoms with Crippen molar-refractivity contribution in [1.82, 2.24) is 19.3 Å². The fourth-order valence-electron chi connectivity index (χ4n) is 2.87. The van der Waals surface area contributed by atoms with Crippen LogP contribution in [0.2, 0.25) is 0 Å². The third-order valence-corrected chi connectivity index (χ3v) is 5.67. The van der Waals surface area contributed by atoms with Crippen molar-refractivity contribution >= 4 is 15.7 Å². The highest BCUT2D eigenvalue weighted by Crippen LogP contribution is 2.12. The van der Waals surface area contributed by atoms with Gasteiger partial charge >= 0.3 is 0 Å². The summed E-state index contributed by atoms with van der Waals surface area (Å²) in [6.07, 6.45) is 7.19. The number of nitrogens with zero attached hydrogens (tertiary/aromatic N) is 3. The predicted octanol–water partition coefficient (Wildman–Crippen LogP) is 2.90. The molecular weight excluding hydrogens is 348 g/mol. The first-order valence-electron chi connectivity index (χ1n) is 8.87. The average molecular weight is 372 g/mol. The van der Waals surface area contributed by atoms with Gasteiger partial charge in [-0.3, -0.25) is 0 Å². The van der Waals surface area contributed by atoms with E-state index in [9.17, 15) is 8.42 Å². The highest BCUT2D eigenvalue weighted by atomic mass is 32.2. The summed E-state index contributed by atoms with van der Waals surface area (Å²) >= 11 is 0. The summed E-state index contributed by atoms with van der Waals surface area (Å²) in [7, 11) is -3.46. The van der Waals surface area contributed by atoms with Gasteiger partial charge in [0.05, 0.1) is 10.6 Å². The number of aromatic nitrogens is 3. The highest BCUT2D eigenvalue weighted by Gasteiger charge is 2.13. The van der Waals surface area contributed by atoms with Crippen LogP contribution in [-0.4, -0.2) is 29.6 Å². The summed E-state index contributed by atoms with van der Waals surface area (Å²) in [6, 6.07) is 9.02. The minimum absolute atomic E-state index is 0.312. The van der Waals surface area contributed by atoms with Gasteiger partial charge in [-0.05, 0) is 49.4 Å². The molecule has 2 heterocycles. The van der Waals surface area contributed by atoms with Gasteiger partial charge in [-0.2, -0.15) is 5.10 Å². The maximum atomic E-state index is 12.4. The van der Waals surface area contributed by atoms with Crippen molar-refractivity contribution in [2.75, 3.05) is 6.54 Å². The van der Waals surface area contributed by atoms with Gasteiger partial charge in [0.1, 0.15) is 0 Å². The Labute approximate surface area is 154 Å². The topological polar surface area (TPSA) is 76.4 Å². The van der Waals surface area contributed by atoms with Crippen LogP contribution >= 0.6 is 0 Å². The molecule has 3 rings (SSSR count). The van der Waals surface area contributed by atoms with Crippen molar-refractivity contribution < 1.29 is 8.42 Å². The van der Waals surface area contributed by atoms with Crippen molar-refractivity contribution in [3.63, 3.8) is 0 Å². The Morgan fingerprint density at radius 3 is 2.62 bits per heavy atom. The second-order valence-electron chi connectivity index (χ2n) is 6.45. The molecule has 138 valence electrons. The van der Waals surface area contributed by atoms with E-state index in [1.165, 1.54) is 0 Å². The maximum Gasteiger partial charge on any atom is 0.240 e. The van der Waals surface area contributed by atoms with Gasteiger partial charge in [0, 0.05) is 25.0 Å². The van der Waals surface area contributed by atoms with Crippen molar-refractivity contribution in [3.8, 4) is 0 Å². The lowest BCUT2D eigenvalue weighted by molar-refractivity contribution is 0.579. The summed E-state index contributed by atoms with van der Waals surface area (Å²) < 4.78 is 29.1. The number of hydrogen-bond acceptors (Lipinski definition) is 4. The number of benzene rings is 1. The van der Waals surface area contributed by atoms with Crippen LogP contribution < -0.4 is 4.72 Å². The number of hydrogen-bond donors (Lipinski definition) is 1. The molecule has 1 aromatic carbocycles. The van der Waals surface area contributed by atoms with Gasteiger partial charge in [-0.15, -0.1) is 0 Å². The zero-order valence-corrected chi connectivity index (χ0v) is 16.0. The molecule has 7 heteroatoms. The molecule has 2 aromatic heterocycles. The van der Waals surface area contributed by atoms with Crippen LogP contribution in [0, 0.1) is 6.92 Å². The molecule has 0 amide bonds. The van der Waals surface area contributed by atoms with E-state index in [0.717, 1.165) is 41.7 Å². The second kappa shape index (κ2) is 7.97. The lowest BCUT2D eigenvalue weighted by Crippen LogP contribution is -2.25. The Balaban J connectivity index is 1.54. The molecule has 0 aliphatic rings. The summed E-state index contributed by atoms with van der Waals surface area (Å²) in [5.74, 6) is 0. The lowest BCUT2D eigenvalue weighted by atomic mass is 10.1. The Bertz CT molecular complexity index is 978. The summed E-state index contributed by atoms with van der Waals surface area (Å²) in [4.78, 5) is 4.67. The van der Waals surface area contributed by atoms with E-state index in [1.54, 1.807) is 16.6 Å². The van der Waals surface area contributed by atoms with Gasteiger partial charge in [0.25, 0.3) is 0 Å². The molecule has 0 unspecified atom stereocenters. The number of nitrogens with one attached hydrogen (secondary N) is 1. The van der Waals surface area contributed by atoms with Crippen LogP contribution in [0.5, 0.6) is 0 Å². The molecule has 0 spiro atoms. The third-order valence-electron chi connectivity index (χ3n) is 4.20. The standard InChI is InChI=1S/C19H24N4O2S/c1-3-5-16-7-9-18(10-8-16)26(24,25)21-11-4-6-17-13-20-19-12-15(2)22-23(19)14-17/h7-10,12-14,21H,3-6,11H2,1-2H3. The molecule has 0 radical (unpaired) electrons. The van der Waals surface area contributed by atoms with Crippen LogP contribution in [0.25, 0.3) is 5.65 Å². The van der Waals surface area contributed by atoms with Crippen molar-refractivity contribution in [2.24, 2.45) is 0 Å². The molecule has 3 aromatic rings. The Morgan fingerprint density at radius 2 is 1.88 bits per heavy atom. The van der Waals surface area contributed by atoms with Crippen LogP contribution in [0.3, 0.4) is 0 Å². The molecule has 6 nitrogen and oxygen atoms in total. The van der Waals surface area contributed by atoms with E-state index in [2.05, 4.69) is 21.7 Å². The van der Waals surface area contributed by atoms with Gasteiger partial charge in [-0.25, -0.2) is 22.6 Å². The molecule has 0 saturated carbocycles. The van der Waals surface area contributed by atoms with Crippen molar-refractivity contribution in [1.29, 1.82) is 0 Å². The fourth-order valence-corrected chi connectivity index (χ4v) is 3.94. The first-order chi connectivity index (χ1) is 12.5. The SMILES string of the molecule is CCCc1ccc(S(=O)(=O)NCCCc2cnc3cc(C)nn3c2)cc1. The van der Waals surface area contributed by atoms with Crippen LogP contribution in [0.15, 0.2) is 47.6 Å². The number of rotatable bonds is 8. The fraction of sp³-hybridized carbons (Fsp3) is 0.368. The first kappa shape index (κ1) is 18.5. The summed E-state index contributed by atoms with van der Waals surface area (Å²) in [5.41, 5.74) is 3.93. The zero-order valence-electron chi connectivity index (χ0n) is 15.1. The second-order valence-corrected chi connectivity index (χ2v) is 8.21. The van der Waals surface area contributed by atoms with Gasteiger partial charge < -0.3 is 0 Å². The maximum absolute atomic E-state index is 12.4. The quantitative estimate of drug-likeness (QED) is 0.617. The molecule has 0 bridgehead atoms. The third kappa shape index (κ3) is 4.47. The van der Waals surface area contributed by atoms with Gasteiger partial charge in [0.2, 0.25) is 10.0 Å². The normalized spacial score (nSPS) is 11.9. The average Bonchev–Trinajstić information content (AvgIpc) is 2.99. The monoisotopic (exact) mass is 372 g/mol. The van der Waals surface area contributed by atoms with Crippen LogP contribution in [0.1, 0.15) is 36.6 Å². The largest absolute Gasteiger partial charge is 0.240 e. The lowest BCUT2D eigenvalue weighted by Gasteiger charge is -2.08. The van der Waals surface area contributed by atoms with E-state index in [1.807, 2.05) is 37.5 Å². The van der Waals surface area contributed by atoms with Gasteiger partial charge in [0.15, 0.2) is 5.65 Å². The first-order valence-corrected chi connectivity index (χ1v) is 10.4. The molecule has 1 N–H and O–H groups in total. The number of fused-ring (bicyclic) bond motifs is 1. The summed E-state index contributed by atoms with van der Waals surface area (Å²) in [6.45, 7) is 4.42. The molecule has 0 saturated heterocycles. The molecular formula is C19H24N4O2S. The Kier molecular flexibility index (Phi) is 5.68. The minimum atomic E-state index is -3.46. The minimum Gasteiger partial charge on any atom is -0.237 e. The van der Waals surface area contributed by atoms with E-state index in [4.69, 9.17) is 0 Å². The Morgan fingerprint density at radius 1 is 1.12 bits per heavy atom. The molecule has 0 aliphatic carbocycles. The van der Waals surface area contributed by atoms with Crippen LogP contribution in [-0.2, 0) is 22.9 Å². The highest BCUT2D eigenvalue weighted by molar-refractivity contribution is 7.89. The Hall–Kier alpha value is -2.25. The molecule has 0 atom stereocenters. The molecule has 0 aliphatic heterocycles. The van der Waals surface area contributed by atoms with E-state index >= 15 is 0 Å². The summed E-state index contributed by atoms with van der Waals surface area (Å²) in [5, 5.41) is 4.34. The predicted molar refractivity (Wildman–Crippen MR) is 102 cm³/mol. The molecule has 26 heavy (non-hydrogen) atoms. The van der Waals surface area contributed by atoms with Crippen LogP contribution in [0.4, 0.5) is 0 Å². The number of aryl methyl sites for hydroxylation is 3. The number of sulfonamides is 1. The van der Waals surface area contributed by atoms with E-state index in [-0.39, 0.29) is 0 Å². The smallest absolute Gasteiger partial charge is 0.237 e. The molecule has 0 fully saturated rings. The van der Waals surface area contributed by atoms with E-state index in [0.29, 0.717) is 17.9 Å². The zero-order chi connectivity index (χ0) is 18.6. The van der Waals surface area contributed by atoms with Gasteiger partial charge in [-0.1, -0.05) is 25.5 Å². The van der Waals surface area contributed by atoms with Crippen molar-refractivity contribution in [2.45, 2.75) is 44.4 Å². The van der Waals surface area contributed by atoms with E-state index < -0.39 is 10.0 Å². The van der Waals surface area contributed by atoms with Crippen molar-refractivity contribution in [3.05, 3.63) is 59.5 Å².